The molecule has 3 rings (SSSR count). The molecule has 0 saturated heterocycles. The van der Waals surface area contributed by atoms with Gasteiger partial charge >= 0.3 is 0 Å². The minimum Gasteiger partial charge on any atom is -0.493 e. The first-order valence-corrected chi connectivity index (χ1v) is 7.02. The van der Waals surface area contributed by atoms with E-state index in [0.29, 0.717) is 23.4 Å². The molecule has 0 saturated carbocycles. The summed E-state index contributed by atoms with van der Waals surface area (Å²) in [6, 6.07) is 14.8. The number of rotatable bonds is 3. The van der Waals surface area contributed by atoms with E-state index < -0.39 is 0 Å². The fourth-order valence-electron chi connectivity index (χ4n) is 2.45. The van der Waals surface area contributed by atoms with Gasteiger partial charge in [0.2, 0.25) is 0 Å². The zero-order chi connectivity index (χ0) is 15.5. The third-order valence-electron chi connectivity index (χ3n) is 3.45. The SMILES string of the molecule is CCOc1ccccc1C=C1C(=O)Nc2cc(C#N)ccc21. The zero-order valence-electron chi connectivity index (χ0n) is 12.1. The van der Waals surface area contributed by atoms with Gasteiger partial charge in [0, 0.05) is 16.7 Å². The van der Waals surface area contributed by atoms with E-state index in [1.165, 1.54) is 0 Å². The van der Waals surface area contributed by atoms with Crippen molar-refractivity contribution in [3.05, 3.63) is 59.2 Å². The summed E-state index contributed by atoms with van der Waals surface area (Å²) in [4.78, 5) is 12.2. The van der Waals surface area contributed by atoms with Crippen LogP contribution in [0.2, 0.25) is 0 Å². The molecule has 1 N–H and O–H groups in total. The Morgan fingerprint density at radius 2 is 2.09 bits per heavy atom. The highest BCUT2D eigenvalue weighted by Crippen LogP contribution is 2.35. The zero-order valence-corrected chi connectivity index (χ0v) is 12.1. The van der Waals surface area contributed by atoms with Gasteiger partial charge in [-0.05, 0) is 31.2 Å². The predicted octanol–water partition coefficient (Wildman–Crippen LogP) is 3.45. The minimum absolute atomic E-state index is 0.170. The number of nitrogens with one attached hydrogen (secondary N) is 1. The molecular formula is C18H14N2O2. The van der Waals surface area contributed by atoms with Crippen LogP contribution in [-0.2, 0) is 4.79 Å². The molecule has 2 aromatic rings. The molecule has 0 unspecified atom stereocenters. The Hall–Kier alpha value is -3.06. The van der Waals surface area contributed by atoms with Crippen molar-refractivity contribution in [2.24, 2.45) is 0 Å². The van der Waals surface area contributed by atoms with E-state index in [0.717, 1.165) is 16.9 Å². The second kappa shape index (κ2) is 5.74. The van der Waals surface area contributed by atoms with Gasteiger partial charge in [-0.25, -0.2) is 0 Å². The number of carbonyl (C=O) groups excluding carboxylic acids is 1. The van der Waals surface area contributed by atoms with Crippen LogP contribution in [0.5, 0.6) is 5.75 Å². The summed E-state index contributed by atoms with van der Waals surface area (Å²) in [6.07, 6.45) is 1.82. The van der Waals surface area contributed by atoms with Crippen molar-refractivity contribution >= 4 is 23.2 Å². The smallest absolute Gasteiger partial charge is 0.256 e. The molecule has 1 aliphatic heterocycles. The van der Waals surface area contributed by atoms with E-state index in [2.05, 4.69) is 11.4 Å². The molecule has 2 aromatic carbocycles. The highest BCUT2D eigenvalue weighted by Gasteiger charge is 2.24. The van der Waals surface area contributed by atoms with Gasteiger partial charge in [0.05, 0.1) is 23.9 Å². The molecule has 0 aromatic heterocycles. The third kappa shape index (κ3) is 2.45. The van der Waals surface area contributed by atoms with Crippen molar-refractivity contribution in [2.75, 3.05) is 11.9 Å². The Balaban J connectivity index is 2.07. The number of ether oxygens (including phenoxy) is 1. The Morgan fingerprint density at radius 3 is 2.86 bits per heavy atom. The lowest BCUT2D eigenvalue weighted by atomic mass is 10.0. The van der Waals surface area contributed by atoms with Gasteiger partial charge in [-0.3, -0.25) is 4.79 Å². The summed E-state index contributed by atoms with van der Waals surface area (Å²) in [5.41, 5.74) is 3.42. The van der Waals surface area contributed by atoms with Gasteiger partial charge in [-0.1, -0.05) is 24.3 Å². The van der Waals surface area contributed by atoms with Crippen LogP contribution in [-0.4, -0.2) is 12.5 Å². The van der Waals surface area contributed by atoms with Crippen LogP contribution in [0.1, 0.15) is 23.6 Å². The summed E-state index contributed by atoms with van der Waals surface area (Å²) in [5, 5.41) is 11.7. The number of nitrogens with zero attached hydrogens (tertiary/aromatic N) is 1. The summed E-state index contributed by atoms with van der Waals surface area (Å²) in [5.74, 6) is 0.573. The van der Waals surface area contributed by atoms with Crippen molar-refractivity contribution in [2.45, 2.75) is 6.92 Å². The quantitative estimate of drug-likeness (QED) is 0.881. The predicted molar refractivity (Wildman–Crippen MR) is 85.3 cm³/mol. The maximum absolute atomic E-state index is 12.2. The fourth-order valence-corrected chi connectivity index (χ4v) is 2.45. The van der Waals surface area contributed by atoms with Gasteiger partial charge in [-0.2, -0.15) is 5.26 Å². The summed E-state index contributed by atoms with van der Waals surface area (Å²) < 4.78 is 5.59. The molecule has 0 radical (unpaired) electrons. The summed E-state index contributed by atoms with van der Waals surface area (Å²) >= 11 is 0. The first-order chi connectivity index (χ1) is 10.7. The molecule has 0 aliphatic carbocycles. The van der Waals surface area contributed by atoms with Crippen LogP contribution in [0, 0.1) is 11.3 Å². The highest BCUT2D eigenvalue weighted by atomic mass is 16.5. The average Bonchev–Trinajstić information content (AvgIpc) is 2.84. The molecule has 1 amide bonds. The second-order valence-electron chi connectivity index (χ2n) is 4.86. The topological polar surface area (TPSA) is 62.1 Å². The third-order valence-corrected chi connectivity index (χ3v) is 3.45. The van der Waals surface area contributed by atoms with E-state index in [1.807, 2.05) is 37.3 Å². The molecular weight excluding hydrogens is 276 g/mol. The Kier molecular flexibility index (Phi) is 3.63. The Bertz CT molecular complexity index is 816. The number of hydrogen-bond acceptors (Lipinski definition) is 3. The first kappa shape index (κ1) is 13.9. The number of para-hydroxylation sites is 1. The van der Waals surface area contributed by atoms with Crippen molar-refractivity contribution in [1.82, 2.24) is 0 Å². The Labute approximate surface area is 128 Å². The van der Waals surface area contributed by atoms with Crippen LogP contribution in [0.25, 0.3) is 11.6 Å². The molecule has 108 valence electrons. The van der Waals surface area contributed by atoms with Crippen LogP contribution < -0.4 is 10.1 Å². The van der Waals surface area contributed by atoms with E-state index in [-0.39, 0.29) is 5.91 Å². The van der Waals surface area contributed by atoms with Crippen molar-refractivity contribution < 1.29 is 9.53 Å². The number of carbonyl (C=O) groups is 1. The van der Waals surface area contributed by atoms with Gasteiger partial charge in [0.25, 0.3) is 5.91 Å². The molecule has 1 heterocycles. The van der Waals surface area contributed by atoms with Gasteiger partial charge in [0.1, 0.15) is 5.75 Å². The first-order valence-electron chi connectivity index (χ1n) is 7.02. The van der Waals surface area contributed by atoms with Crippen molar-refractivity contribution in [3.63, 3.8) is 0 Å². The molecule has 0 atom stereocenters. The molecule has 1 aliphatic rings. The van der Waals surface area contributed by atoms with E-state index in [9.17, 15) is 4.79 Å². The van der Waals surface area contributed by atoms with E-state index in [4.69, 9.17) is 10.00 Å². The van der Waals surface area contributed by atoms with Gasteiger partial charge < -0.3 is 10.1 Å². The molecule has 0 spiro atoms. The number of benzene rings is 2. The number of fused-ring (bicyclic) bond motifs is 1. The van der Waals surface area contributed by atoms with Crippen LogP contribution in [0.4, 0.5) is 5.69 Å². The standard InChI is InChI=1S/C18H14N2O2/c1-2-22-17-6-4-3-5-13(17)10-15-14-8-7-12(11-19)9-16(14)20-18(15)21/h3-10H,2H2,1H3,(H,20,21). The largest absolute Gasteiger partial charge is 0.493 e. The molecule has 4 heteroatoms. The fraction of sp³-hybridized carbons (Fsp3) is 0.111. The second-order valence-corrected chi connectivity index (χ2v) is 4.86. The molecule has 4 nitrogen and oxygen atoms in total. The van der Waals surface area contributed by atoms with Crippen LogP contribution >= 0.6 is 0 Å². The average molecular weight is 290 g/mol. The Morgan fingerprint density at radius 1 is 1.27 bits per heavy atom. The molecule has 0 bridgehead atoms. The number of hydrogen-bond donors (Lipinski definition) is 1. The van der Waals surface area contributed by atoms with Crippen molar-refractivity contribution in [1.29, 1.82) is 5.26 Å². The normalized spacial score (nSPS) is 14.4. The lowest BCUT2D eigenvalue weighted by molar-refractivity contribution is -0.110. The van der Waals surface area contributed by atoms with Crippen LogP contribution in [0.3, 0.4) is 0 Å². The lowest BCUT2D eigenvalue weighted by Gasteiger charge is -2.07. The molecule has 22 heavy (non-hydrogen) atoms. The maximum atomic E-state index is 12.2. The summed E-state index contributed by atoms with van der Waals surface area (Å²) in [7, 11) is 0. The number of anilines is 1. The summed E-state index contributed by atoms with van der Waals surface area (Å²) in [6.45, 7) is 2.49. The maximum Gasteiger partial charge on any atom is 0.256 e. The molecule has 0 fully saturated rings. The van der Waals surface area contributed by atoms with Crippen molar-refractivity contribution in [3.8, 4) is 11.8 Å². The van der Waals surface area contributed by atoms with E-state index in [1.54, 1.807) is 18.2 Å². The van der Waals surface area contributed by atoms with Crippen LogP contribution in [0.15, 0.2) is 42.5 Å². The number of nitriles is 1. The number of amides is 1. The van der Waals surface area contributed by atoms with Gasteiger partial charge in [-0.15, -0.1) is 0 Å². The highest BCUT2D eigenvalue weighted by molar-refractivity contribution is 6.35. The lowest BCUT2D eigenvalue weighted by Crippen LogP contribution is -2.03. The van der Waals surface area contributed by atoms with E-state index >= 15 is 0 Å². The minimum atomic E-state index is -0.170. The monoisotopic (exact) mass is 290 g/mol. The van der Waals surface area contributed by atoms with Gasteiger partial charge in [0.15, 0.2) is 0 Å².